The molecule has 0 saturated carbocycles. The van der Waals surface area contributed by atoms with Crippen LogP contribution in [-0.4, -0.2) is 64.7 Å². The van der Waals surface area contributed by atoms with E-state index in [1.165, 1.54) is 4.31 Å². The molecule has 1 fully saturated rings. The van der Waals surface area contributed by atoms with Crippen LogP contribution in [0.3, 0.4) is 0 Å². The number of carbonyl (C=O) groups excluding carboxylic acids is 1. The third-order valence-electron chi connectivity index (χ3n) is 4.96. The fourth-order valence-electron chi connectivity index (χ4n) is 3.30. The second-order valence-corrected chi connectivity index (χ2v) is 8.77. The number of benzene rings is 2. The molecule has 1 saturated heterocycles. The number of hydrogen-bond donors (Lipinski definition) is 0. The Labute approximate surface area is 163 Å². The molecule has 0 radical (unpaired) electrons. The summed E-state index contributed by atoms with van der Waals surface area (Å²) in [5, 5.41) is 8.10. The molecule has 9 heteroatoms. The van der Waals surface area contributed by atoms with Gasteiger partial charge in [0.05, 0.1) is 10.4 Å². The molecule has 0 aliphatic carbocycles. The van der Waals surface area contributed by atoms with Crippen LogP contribution in [0.2, 0.25) is 0 Å². The standard InChI is InChI=1S/C19H21N5O3S/c1-15-6-8-16(9-7-15)28(26,27)23-12-10-22(11-13-23)19(25)14-24-18-5-3-2-4-17(18)20-21-24/h2-9H,10-14H2,1H3. The third kappa shape index (κ3) is 3.50. The summed E-state index contributed by atoms with van der Waals surface area (Å²) in [6.07, 6.45) is 0. The van der Waals surface area contributed by atoms with Gasteiger partial charge in [-0.25, -0.2) is 13.1 Å². The van der Waals surface area contributed by atoms with E-state index in [4.69, 9.17) is 0 Å². The lowest BCUT2D eigenvalue weighted by Gasteiger charge is -2.34. The lowest BCUT2D eigenvalue weighted by atomic mass is 10.2. The van der Waals surface area contributed by atoms with Gasteiger partial charge in [-0.15, -0.1) is 5.10 Å². The van der Waals surface area contributed by atoms with Crippen LogP contribution in [0.5, 0.6) is 0 Å². The molecule has 2 heterocycles. The number of carbonyl (C=O) groups is 1. The van der Waals surface area contributed by atoms with Crippen LogP contribution in [-0.2, 0) is 21.4 Å². The van der Waals surface area contributed by atoms with Crippen LogP contribution < -0.4 is 0 Å². The fourth-order valence-corrected chi connectivity index (χ4v) is 4.72. The number of amides is 1. The van der Waals surface area contributed by atoms with Gasteiger partial charge in [0.15, 0.2) is 0 Å². The maximum Gasteiger partial charge on any atom is 0.244 e. The lowest BCUT2D eigenvalue weighted by Crippen LogP contribution is -2.51. The van der Waals surface area contributed by atoms with Gasteiger partial charge in [0.1, 0.15) is 12.1 Å². The van der Waals surface area contributed by atoms with Gasteiger partial charge in [-0.3, -0.25) is 4.79 Å². The number of aryl methyl sites for hydroxylation is 1. The van der Waals surface area contributed by atoms with Crippen LogP contribution in [0.1, 0.15) is 5.56 Å². The zero-order valence-electron chi connectivity index (χ0n) is 15.5. The van der Waals surface area contributed by atoms with Crippen molar-refractivity contribution in [2.24, 2.45) is 0 Å². The summed E-state index contributed by atoms with van der Waals surface area (Å²) in [6.45, 7) is 3.28. The Morgan fingerprint density at radius 1 is 1.00 bits per heavy atom. The summed E-state index contributed by atoms with van der Waals surface area (Å²) in [7, 11) is -3.54. The molecule has 1 aliphatic heterocycles. The van der Waals surface area contributed by atoms with Crippen molar-refractivity contribution < 1.29 is 13.2 Å². The van der Waals surface area contributed by atoms with E-state index >= 15 is 0 Å². The van der Waals surface area contributed by atoms with E-state index in [0.29, 0.717) is 13.1 Å². The molecule has 28 heavy (non-hydrogen) atoms. The average molecular weight is 399 g/mol. The first-order valence-corrected chi connectivity index (χ1v) is 10.5. The van der Waals surface area contributed by atoms with Crippen molar-refractivity contribution in [3.05, 3.63) is 54.1 Å². The van der Waals surface area contributed by atoms with E-state index in [0.717, 1.165) is 16.6 Å². The summed E-state index contributed by atoms with van der Waals surface area (Å²) in [4.78, 5) is 14.6. The Hall–Kier alpha value is -2.78. The van der Waals surface area contributed by atoms with Gasteiger partial charge < -0.3 is 4.90 Å². The Kier molecular flexibility index (Phi) is 4.86. The molecule has 3 aromatic rings. The minimum Gasteiger partial charge on any atom is -0.338 e. The van der Waals surface area contributed by atoms with Crippen LogP contribution >= 0.6 is 0 Å². The van der Waals surface area contributed by atoms with Gasteiger partial charge >= 0.3 is 0 Å². The van der Waals surface area contributed by atoms with Gasteiger partial charge in [-0.05, 0) is 31.2 Å². The Morgan fingerprint density at radius 2 is 1.68 bits per heavy atom. The Balaban J connectivity index is 1.41. The van der Waals surface area contributed by atoms with Crippen molar-refractivity contribution >= 4 is 27.0 Å². The van der Waals surface area contributed by atoms with Crippen LogP contribution in [0.15, 0.2) is 53.4 Å². The molecule has 0 N–H and O–H groups in total. The van der Waals surface area contributed by atoms with Gasteiger partial charge in [0.25, 0.3) is 0 Å². The molecular weight excluding hydrogens is 378 g/mol. The monoisotopic (exact) mass is 399 g/mol. The van der Waals surface area contributed by atoms with Crippen molar-refractivity contribution in [3.8, 4) is 0 Å². The van der Waals surface area contributed by atoms with Crippen molar-refractivity contribution in [2.75, 3.05) is 26.2 Å². The maximum absolute atomic E-state index is 12.8. The summed E-state index contributed by atoms with van der Waals surface area (Å²) in [5.74, 6) is -0.0944. The topological polar surface area (TPSA) is 88.4 Å². The number of piperazine rings is 1. The molecule has 1 aliphatic rings. The second-order valence-electron chi connectivity index (χ2n) is 6.83. The third-order valence-corrected chi connectivity index (χ3v) is 6.87. The molecule has 4 rings (SSSR count). The highest BCUT2D eigenvalue weighted by Gasteiger charge is 2.30. The summed E-state index contributed by atoms with van der Waals surface area (Å²) < 4.78 is 28.6. The van der Waals surface area contributed by atoms with Gasteiger partial charge in [-0.2, -0.15) is 4.31 Å². The molecule has 8 nitrogen and oxygen atoms in total. The Morgan fingerprint density at radius 3 is 2.39 bits per heavy atom. The first-order valence-electron chi connectivity index (χ1n) is 9.08. The number of rotatable bonds is 4. The van der Waals surface area contributed by atoms with E-state index in [2.05, 4.69) is 10.3 Å². The normalized spacial score (nSPS) is 15.8. The van der Waals surface area contributed by atoms with Crippen molar-refractivity contribution in [2.45, 2.75) is 18.4 Å². The molecule has 1 aromatic heterocycles. The minimum absolute atomic E-state index is 0.0885. The number of para-hydroxylation sites is 1. The van der Waals surface area contributed by atoms with Crippen LogP contribution in [0.4, 0.5) is 0 Å². The fraction of sp³-hybridized carbons (Fsp3) is 0.316. The number of hydrogen-bond acceptors (Lipinski definition) is 5. The number of sulfonamides is 1. The highest BCUT2D eigenvalue weighted by Crippen LogP contribution is 2.18. The largest absolute Gasteiger partial charge is 0.338 e. The first kappa shape index (κ1) is 18.6. The van der Waals surface area contributed by atoms with E-state index in [1.807, 2.05) is 31.2 Å². The zero-order valence-corrected chi connectivity index (χ0v) is 16.3. The van der Waals surface area contributed by atoms with Crippen LogP contribution in [0, 0.1) is 6.92 Å². The van der Waals surface area contributed by atoms with Gasteiger partial charge in [-0.1, -0.05) is 35.0 Å². The summed E-state index contributed by atoms with van der Waals surface area (Å²) in [6, 6.07) is 14.3. The zero-order chi connectivity index (χ0) is 19.7. The van der Waals surface area contributed by atoms with Crippen molar-refractivity contribution in [3.63, 3.8) is 0 Å². The quantitative estimate of drug-likeness (QED) is 0.659. The lowest BCUT2D eigenvalue weighted by molar-refractivity contribution is -0.133. The van der Waals surface area contributed by atoms with Crippen LogP contribution in [0.25, 0.3) is 11.0 Å². The molecular formula is C19H21N5O3S. The second kappa shape index (κ2) is 7.33. The molecule has 0 spiro atoms. The van der Waals surface area contributed by atoms with E-state index in [9.17, 15) is 13.2 Å². The Bertz CT molecular complexity index is 1100. The molecule has 2 aromatic carbocycles. The molecule has 0 bridgehead atoms. The highest BCUT2D eigenvalue weighted by molar-refractivity contribution is 7.89. The highest BCUT2D eigenvalue weighted by atomic mass is 32.2. The summed E-state index contributed by atoms with van der Waals surface area (Å²) in [5.41, 5.74) is 2.55. The first-order chi connectivity index (χ1) is 13.4. The van der Waals surface area contributed by atoms with E-state index < -0.39 is 10.0 Å². The predicted molar refractivity (Wildman–Crippen MR) is 104 cm³/mol. The minimum atomic E-state index is -3.54. The molecule has 146 valence electrons. The average Bonchev–Trinajstić information content (AvgIpc) is 3.11. The van der Waals surface area contributed by atoms with E-state index in [1.54, 1.807) is 33.8 Å². The SMILES string of the molecule is Cc1ccc(S(=O)(=O)N2CCN(C(=O)Cn3nnc4ccccc43)CC2)cc1. The maximum atomic E-state index is 12.8. The number of fused-ring (bicyclic) bond motifs is 1. The van der Waals surface area contributed by atoms with Gasteiger partial charge in [0.2, 0.25) is 15.9 Å². The van der Waals surface area contributed by atoms with E-state index in [-0.39, 0.29) is 30.4 Å². The smallest absolute Gasteiger partial charge is 0.244 e. The van der Waals surface area contributed by atoms with Crippen molar-refractivity contribution in [1.82, 2.24) is 24.2 Å². The molecule has 0 atom stereocenters. The van der Waals surface area contributed by atoms with Crippen molar-refractivity contribution in [1.29, 1.82) is 0 Å². The van der Waals surface area contributed by atoms with Gasteiger partial charge in [0, 0.05) is 26.2 Å². The molecule has 0 unspecified atom stereocenters. The number of nitrogens with zero attached hydrogens (tertiary/aromatic N) is 5. The number of aromatic nitrogens is 3. The molecule has 1 amide bonds. The predicted octanol–water partition coefficient (Wildman–Crippen LogP) is 1.27. The summed E-state index contributed by atoms with van der Waals surface area (Å²) >= 11 is 0.